The minimum Gasteiger partial charge on any atom is -0.612 e. The molecule has 20 nitrogen and oxygen atoms in total. The van der Waals surface area contributed by atoms with Crippen LogP contribution in [-0.2, 0) is 61.5 Å². The maximum Gasteiger partial charge on any atom is 0.311 e. The van der Waals surface area contributed by atoms with E-state index in [1.807, 2.05) is 13.8 Å². The lowest BCUT2D eigenvalue weighted by Gasteiger charge is -2.53. The van der Waals surface area contributed by atoms with E-state index in [2.05, 4.69) is 15.6 Å². The van der Waals surface area contributed by atoms with Gasteiger partial charge < -0.3 is 73.3 Å². The van der Waals surface area contributed by atoms with E-state index in [-0.39, 0.29) is 55.6 Å². The maximum atomic E-state index is 14.7. The first kappa shape index (κ1) is 61.3. The molecule has 6 N–H and O–H groups in total. The number of aliphatic hydroxyl groups is 4. The fourth-order valence-corrected chi connectivity index (χ4v) is 13.0. The first-order valence-corrected chi connectivity index (χ1v) is 28.7. The number of hydrogen-bond donors (Lipinski definition) is 6. The number of aliphatic hydroxyl groups excluding tert-OH is 1. The highest BCUT2D eigenvalue weighted by atomic mass is 32.2. The van der Waals surface area contributed by atoms with Gasteiger partial charge in [0.2, 0.25) is 5.16 Å². The summed E-state index contributed by atoms with van der Waals surface area (Å²) < 4.78 is 90.5. The molecule has 0 amide bonds. The third-order valence-corrected chi connectivity index (χ3v) is 18.4. The average Bonchev–Trinajstić information content (AvgIpc) is 3.78. The quantitative estimate of drug-likeness (QED) is 0.0801. The number of sulfonamides is 1. The zero-order chi connectivity index (χ0) is 54.6. The largest absolute Gasteiger partial charge is 0.612 e. The van der Waals surface area contributed by atoms with E-state index in [1.165, 1.54) is 48.6 Å². The first-order chi connectivity index (χ1) is 34.0. The second-order valence-electron chi connectivity index (χ2n) is 21.6. The van der Waals surface area contributed by atoms with Gasteiger partial charge in [0.1, 0.15) is 41.0 Å². The van der Waals surface area contributed by atoms with Crippen molar-refractivity contribution in [1.29, 1.82) is 0 Å². The van der Waals surface area contributed by atoms with Crippen molar-refractivity contribution >= 4 is 27.2 Å². The molecule has 3 aliphatic heterocycles. The Morgan fingerprint density at radius 2 is 1.73 bits per heavy atom. The number of hydrogen-bond acceptors (Lipinski definition) is 18. The minimum absolute atomic E-state index is 0.00337. The molecular weight excluding hydrogens is 987 g/mol. The van der Waals surface area contributed by atoms with Gasteiger partial charge in [-0.3, -0.25) is 4.79 Å². The summed E-state index contributed by atoms with van der Waals surface area (Å²) in [6, 6.07) is 4.96. The summed E-state index contributed by atoms with van der Waals surface area (Å²) in [5.41, 5.74) is -6.44. The standard InChI is InChI=1S/C51H87N5O15S2/c1-16-21-52-29-51(61)35(8)67-40(27-49(51,10)65-14)70-41-32(5)44(48(9,59)26-30(3)28-54-34(7)43(57)50(11,60)39(17-2)69-45(58)33(41)6)71-46-42(68-36-19-18-20-37(25-36)72(15)62)38(24-31(4)66-46)56(13)73(63,64)47-53-22-23-55(47)12/h18-20,22-23,25,30-35,38-44,46,52,54,57,59-61H,16-17,21,24,26-29H2,1-15H3/t30-,31-,32+,33-,34-,35-,38+,39-,40?,41+,42-,43-,44-,46+,48-,49+,50-,51-,72?/m1/s1. The van der Waals surface area contributed by atoms with E-state index < -0.39 is 129 Å². The summed E-state index contributed by atoms with van der Waals surface area (Å²) in [5, 5.41) is 55.2. The fourth-order valence-electron chi connectivity index (χ4n) is 11.0. The molecule has 3 saturated heterocycles. The molecule has 2 unspecified atom stereocenters. The summed E-state index contributed by atoms with van der Waals surface area (Å²) in [6.07, 6.45) is -4.69. The van der Waals surface area contributed by atoms with Gasteiger partial charge in [0.15, 0.2) is 23.6 Å². The van der Waals surface area contributed by atoms with Crippen LogP contribution in [0.2, 0.25) is 0 Å². The number of imidazole rings is 1. The molecular formula is C51H87N5O15S2. The number of methoxy groups -OCH3 is 1. The Labute approximate surface area is 436 Å². The molecule has 19 atom stereocenters. The van der Waals surface area contributed by atoms with Crippen LogP contribution in [0.15, 0.2) is 46.7 Å². The van der Waals surface area contributed by atoms with Crippen LogP contribution >= 0.6 is 0 Å². The van der Waals surface area contributed by atoms with E-state index in [0.717, 1.165) is 6.42 Å². The topological polar surface area (TPSA) is 265 Å². The van der Waals surface area contributed by atoms with E-state index in [1.54, 1.807) is 86.7 Å². The van der Waals surface area contributed by atoms with Crippen molar-refractivity contribution in [2.45, 2.75) is 208 Å². The highest BCUT2D eigenvalue weighted by molar-refractivity contribution is 7.90. The van der Waals surface area contributed by atoms with E-state index in [4.69, 9.17) is 33.2 Å². The van der Waals surface area contributed by atoms with Crippen LogP contribution in [0.25, 0.3) is 0 Å². The molecule has 3 fully saturated rings. The van der Waals surface area contributed by atoms with Gasteiger partial charge in [0.25, 0.3) is 10.0 Å². The molecule has 1 aromatic carbocycles. The van der Waals surface area contributed by atoms with Crippen LogP contribution in [0.4, 0.5) is 0 Å². The molecule has 22 heteroatoms. The highest BCUT2D eigenvalue weighted by Gasteiger charge is 2.59. The Morgan fingerprint density at radius 1 is 1.04 bits per heavy atom. The Kier molecular flexibility index (Phi) is 20.9. The van der Waals surface area contributed by atoms with Crippen LogP contribution < -0.4 is 15.4 Å². The van der Waals surface area contributed by atoms with Gasteiger partial charge in [-0.05, 0) is 116 Å². The third kappa shape index (κ3) is 13.6. The lowest BCUT2D eigenvalue weighted by atomic mass is 9.75. The number of carbonyl (C=O) groups excluding carboxylic acids is 1. The zero-order valence-electron chi connectivity index (χ0n) is 45.6. The highest BCUT2D eigenvalue weighted by Crippen LogP contribution is 2.44. The number of cyclic esters (lactones) is 1. The van der Waals surface area contributed by atoms with Gasteiger partial charge in [0.05, 0.1) is 42.0 Å². The molecule has 0 spiro atoms. The monoisotopic (exact) mass is 1070 g/mol. The smallest absolute Gasteiger partial charge is 0.311 e. The van der Waals surface area contributed by atoms with Crippen LogP contribution in [0, 0.1) is 17.8 Å². The molecule has 4 heterocycles. The molecule has 1 aromatic heterocycles. The molecule has 2 aromatic rings. The summed E-state index contributed by atoms with van der Waals surface area (Å²) in [6.45, 7) is 20.1. The number of aryl methyl sites for hydroxylation is 1. The van der Waals surface area contributed by atoms with Crippen LogP contribution in [0.1, 0.15) is 108 Å². The van der Waals surface area contributed by atoms with E-state index in [9.17, 15) is 38.2 Å². The number of likely N-dealkylation sites (N-methyl/N-ethyl adjacent to an activating group) is 1. The number of nitrogens with zero attached hydrogens (tertiary/aromatic N) is 3. The van der Waals surface area contributed by atoms with E-state index >= 15 is 0 Å². The van der Waals surface area contributed by atoms with Gasteiger partial charge in [0, 0.05) is 64.6 Å². The lowest BCUT2D eigenvalue weighted by Crippen LogP contribution is -2.70. The van der Waals surface area contributed by atoms with Crippen molar-refractivity contribution in [3.8, 4) is 5.75 Å². The van der Waals surface area contributed by atoms with Crippen molar-refractivity contribution < 1.29 is 71.3 Å². The number of benzene rings is 1. The molecule has 0 aliphatic carbocycles. The van der Waals surface area contributed by atoms with E-state index in [0.29, 0.717) is 11.4 Å². The molecule has 0 radical (unpaired) electrons. The number of rotatable bonds is 16. The van der Waals surface area contributed by atoms with Crippen LogP contribution in [0.3, 0.4) is 0 Å². The van der Waals surface area contributed by atoms with Gasteiger partial charge in [-0.2, -0.15) is 4.31 Å². The number of aromatic nitrogens is 2. The van der Waals surface area contributed by atoms with Crippen LogP contribution in [0.5, 0.6) is 5.75 Å². The first-order valence-electron chi connectivity index (χ1n) is 25.7. The molecule has 5 rings (SSSR count). The molecule has 0 saturated carbocycles. The average molecular weight is 1070 g/mol. The number of nitrogens with one attached hydrogen (secondary N) is 2. The second-order valence-corrected chi connectivity index (χ2v) is 24.9. The van der Waals surface area contributed by atoms with Gasteiger partial charge in [-0.1, -0.05) is 33.8 Å². The summed E-state index contributed by atoms with van der Waals surface area (Å²) >= 11 is -1.40. The Balaban J connectivity index is 1.68. The summed E-state index contributed by atoms with van der Waals surface area (Å²) in [4.78, 5) is 19.4. The molecule has 73 heavy (non-hydrogen) atoms. The van der Waals surface area contributed by atoms with Gasteiger partial charge in [-0.25, -0.2) is 13.4 Å². The fraction of sp³-hybridized carbons (Fsp3) is 0.804. The van der Waals surface area contributed by atoms with Crippen molar-refractivity contribution in [3.63, 3.8) is 0 Å². The van der Waals surface area contributed by atoms with Crippen molar-refractivity contribution in [2.75, 3.05) is 40.0 Å². The predicted octanol–water partition coefficient (Wildman–Crippen LogP) is 3.25. The molecule has 0 bridgehead atoms. The third-order valence-electron chi connectivity index (χ3n) is 15.6. The lowest BCUT2D eigenvalue weighted by molar-refractivity contribution is -0.335. The Morgan fingerprint density at radius 3 is 2.33 bits per heavy atom. The second kappa shape index (κ2) is 24.9. The van der Waals surface area contributed by atoms with Crippen LogP contribution in [-0.4, -0.2) is 183 Å². The zero-order valence-corrected chi connectivity index (χ0v) is 47.3. The van der Waals surface area contributed by atoms with Crippen molar-refractivity contribution in [2.24, 2.45) is 24.8 Å². The van der Waals surface area contributed by atoms with Crippen molar-refractivity contribution in [1.82, 2.24) is 24.5 Å². The number of esters is 1. The van der Waals surface area contributed by atoms with Crippen molar-refractivity contribution in [3.05, 3.63) is 36.7 Å². The molecule has 418 valence electrons. The maximum absolute atomic E-state index is 14.7. The minimum atomic E-state index is -4.29. The molecule has 3 aliphatic rings. The Hall–Kier alpha value is -2.52. The summed E-state index contributed by atoms with van der Waals surface area (Å²) in [5.74, 6) is -2.97. The summed E-state index contributed by atoms with van der Waals surface area (Å²) in [7, 11) is 0.229. The predicted molar refractivity (Wildman–Crippen MR) is 273 cm³/mol. The Bertz CT molecular complexity index is 2200. The normalized spacial score (nSPS) is 40.1. The van der Waals surface area contributed by atoms with Gasteiger partial charge in [-0.15, -0.1) is 0 Å². The van der Waals surface area contributed by atoms with Gasteiger partial charge >= 0.3 is 5.97 Å². The number of carbonyl (C=O) groups is 1. The SMILES string of the molecule is CCCNC[C@@]1(O)[C@@H](C)OC(O[C@H]2[C@H](C)[C@@H](O[C@@H]3O[C@H](C)C[C@H](N(C)S(=O)(=O)c4nccn4C)[C@H]3Oc3cccc([S+](C)[O-])c3)[C@](C)(O)C[C@@H](C)CN[C@H](C)[C@@H](O)[C@](C)(O)[C@@H](CC)OC(=O)[C@@H]2C)C[C@]1(C)OC. The number of ether oxygens (including phenoxy) is 7.